The van der Waals surface area contributed by atoms with Gasteiger partial charge < -0.3 is 5.32 Å². The molecule has 1 amide bonds. The van der Waals surface area contributed by atoms with E-state index in [0.29, 0.717) is 0 Å². The number of hydrogen-bond acceptors (Lipinski definition) is 3. The number of nitrogens with one attached hydrogen (secondary N) is 2. The van der Waals surface area contributed by atoms with Crippen LogP contribution < -0.4 is 5.32 Å². The molecule has 0 saturated carbocycles. The van der Waals surface area contributed by atoms with Crippen LogP contribution in [0.3, 0.4) is 0 Å². The summed E-state index contributed by atoms with van der Waals surface area (Å²) in [6.07, 6.45) is -4.61. The maximum Gasteiger partial charge on any atom is 0.453 e. The molecule has 0 radical (unpaired) electrons. The molecule has 1 aromatic heterocycles. The zero-order chi connectivity index (χ0) is 12.3. The number of rotatable bonds is 3. The Balaban J connectivity index is 2.74. The lowest BCUT2D eigenvalue weighted by Crippen LogP contribution is -2.28. The number of carbonyl (C=O) groups excluding carboxylic acids is 1. The van der Waals surface area contributed by atoms with Gasteiger partial charge in [0.15, 0.2) is 0 Å². The second kappa shape index (κ2) is 4.69. The van der Waals surface area contributed by atoms with Crippen molar-refractivity contribution in [3.8, 4) is 0 Å². The summed E-state index contributed by atoms with van der Waals surface area (Å²) < 4.78 is 36.4. The van der Waals surface area contributed by atoms with Crippen molar-refractivity contribution in [2.24, 2.45) is 0 Å². The molecular formula is C7H8ClF3N4O. The Labute approximate surface area is 93.4 Å². The summed E-state index contributed by atoms with van der Waals surface area (Å²) in [4.78, 5) is 14.1. The summed E-state index contributed by atoms with van der Waals surface area (Å²) in [5, 5.41) is 7.44. The van der Waals surface area contributed by atoms with Crippen LogP contribution in [-0.2, 0) is 11.0 Å². The van der Waals surface area contributed by atoms with Gasteiger partial charge in [0.2, 0.25) is 5.91 Å². The van der Waals surface area contributed by atoms with E-state index in [2.05, 4.69) is 20.5 Å². The van der Waals surface area contributed by atoms with Gasteiger partial charge in [0.25, 0.3) is 5.82 Å². The summed E-state index contributed by atoms with van der Waals surface area (Å²) in [5.74, 6) is -2.12. The smallest absolute Gasteiger partial charge is 0.345 e. The number of hydrogen-bond donors (Lipinski definition) is 2. The van der Waals surface area contributed by atoms with Crippen molar-refractivity contribution in [3.63, 3.8) is 0 Å². The predicted molar refractivity (Wildman–Crippen MR) is 48.7 cm³/mol. The first kappa shape index (κ1) is 12.8. The first-order valence-corrected chi connectivity index (χ1v) is 4.73. The van der Waals surface area contributed by atoms with Gasteiger partial charge in [-0.15, -0.1) is 16.7 Å². The Kier molecular flexibility index (Phi) is 3.74. The Morgan fingerprint density at radius 3 is 2.69 bits per heavy atom. The first-order chi connectivity index (χ1) is 7.34. The van der Waals surface area contributed by atoms with Crippen molar-refractivity contribution < 1.29 is 18.0 Å². The molecule has 1 rings (SSSR count). The number of nitrogens with zero attached hydrogens (tertiary/aromatic N) is 2. The topological polar surface area (TPSA) is 70.7 Å². The lowest BCUT2D eigenvalue weighted by molar-refractivity contribution is -0.144. The quantitative estimate of drug-likeness (QED) is 0.800. The molecule has 0 aromatic carbocycles. The van der Waals surface area contributed by atoms with Crippen LogP contribution >= 0.6 is 11.6 Å². The van der Waals surface area contributed by atoms with Gasteiger partial charge in [-0.3, -0.25) is 9.89 Å². The van der Waals surface area contributed by atoms with Crippen molar-refractivity contribution in [3.05, 3.63) is 11.6 Å². The normalized spacial score (nSPS) is 13.6. The third-order valence-electron chi connectivity index (χ3n) is 1.67. The van der Waals surface area contributed by atoms with Crippen molar-refractivity contribution in [1.29, 1.82) is 0 Å². The molecule has 1 aromatic rings. The standard InChI is InChI=1S/C7H8ClF3N4O/c1-3(12-4(16)2-8)5-13-6(15-14-5)7(9,10)11/h3H,2H2,1H3,(H,12,16)(H,13,14,15). The molecule has 1 atom stereocenters. The number of carbonyl (C=O) groups is 1. The molecular weight excluding hydrogens is 249 g/mol. The number of H-pyrrole nitrogens is 1. The molecule has 9 heteroatoms. The molecule has 0 bridgehead atoms. The van der Waals surface area contributed by atoms with Crippen LogP contribution in [0.5, 0.6) is 0 Å². The molecule has 16 heavy (non-hydrogen) atoms. The highest BCUT2D eigenvalue weighted by molar-refractivity contribution is 6.27. The third-order valence-corrected chi connectivity index (χ3v) is 1.91. The number of alkyl halides is 4. The Morgan fingerprint density at radius 1 is 1.62 bits per heavy atom. The molecule has 0 fully saturated rings. The van der Waals surface area contributed by atoms with E-state index in [1.165, 1.54) is 6.92 Å². The average molecular weight is 257 g/mol. The molecule has 1 heterocycles. The molecule has 90 valence electrons. The maximum atomic E-state index is 12.1. The van der Waals surface area contributed by atoms with Crippen LogP contribution in [0.25, 0.3) is 0 Å². The molecule has 0 saturated heterocycles. The average Bonchev–Trinajstić information content (AvgIpc) is 2.65. The van der Waals surface area contributed by atoms with Crippen LogP contribution in [-0.4, -0.2) is 27.0 Å². The van der Waals surface area contributed by atoms with Gasteiger partial charge in [0.1, 0.15) is 11.7 Å². The Bertz CT molecular complexity index is 378. The summed E-state index contributed by atoms with van der Waals surface area (Å²) in [5.41, 5.74) is 0. The van der Waals surface area contributed by atoms with Crippen LogP contribution in [0.2, 0.25) is 0 Å². The minimum absolute atomic E-state index is 0.0780. The largest absolute Gasteiger partial charge is 0.453 e. The summed E-state index contributed by atoms with van der Waals surface area (Å²) in [6.45, 7) is 1.46. The molecule has 0 aliphatic carbocycles. The van der Waals surface area contributed by atoms with E-state index in [0.717, 1.165) is 0 Å². The highest BCUT2D eigenvalue weighted by Gasteiger charge is 2.36. The fourth-order valence-corrected chi connectivity index (χ4v) is 1.02. The lowest BCUT2D eigenvalue weighted by Gasteiger charge is -2.08. The minimum atomic E-state index is -4.61. The van der Waals surface area contributed by atoms with Crippen molar-refractivity contribution >= 4 is 17.5 Å². The molecule has 2 N–H and O–H groups in total. The SMILES string of the molecule is CC(NC(=O)CCl)c1nc(C(F)(F)F)n[nH]1. The van der Waals surface area contributed by atoms with E-state index in [1.807, 2.05) is 0 Å². The second-order valence-corrected chi connectivity index (χ2v) is 3.23. The number of halogens is 4. The van der Waals surface area contributed by atoms with Gasteiger partial charge in [0.05, 0.1) is 6.04 Å². The van der Waals surface area contributed by atoms with Crippen LogP contribution in [0.1, 0.15) is 24.6 Å². The van der Waals surface area contributed by atoms with Gasteiger partial charge in [-0.2, -0.15) is 13.2 Å². The van der Waals surface area contributed by atoms with Gasteiger partial charge in [0, 0.05) is 0 Å². The fraction of sp³-hybridized carbons (Fsp3) is 0.571. The lowest BCUT2D eigenvalue weighted by atomic mass is 10.3. The highest BCUT2D eigenvalue weighted by atomic mass is 35.5. The highest BCUT2D eigenvalue weighted by Crippen LogP contribution is 2.26. The minimum Gasteiger partial charge on any atom is -0.345 e. The molecule has 5 nitrogen and oxygen atoms in total. The molecule has 1 unspecified atom stereocenters. The van der Waals surface area contributed by atoms with E-state index in [1.54, 1.807) is 0 Å². The number of amides is 1. The summed E-state index contributed by atoms with van der Waals surface area (Å²) >= 11 is 5.22. The zero-order valence-electron chi connectivity index (χ0n) is 8.10. The van der Waals surface area contributed by atoms with E-state index < -0.39 is 23.9 Å². The summed E-state index contributed by atoms with van der Waals surface area (Å²) in [7, 11) is 0. The molecule has 0 spiro atoms. The summed E-state index contributed by atoms with van der Waals surface area (Å²) in [6, 6.07) is -0.713. The van der Waals surface area contributed by atoms with Crippen LogP contribution in [0, 0.1) is 0 Å². The van der Waals surface area contributed by atoms with Crippen molar-refractivity contribution in [2.45, 2.75) is 19.1 Å². The van der Waals surface area contributed by atoms with Gasteiger partial charge in [-0.05, 0) is 6.92 Å². The van der Waals surface area contributed by atoms with E-state index in [4.69, 9.17) is 11.6 Å². The van der Waals surface area contributed by atoms with Crippen LogP contribution in [0.15, 0.2) is 0 Å². The van der Waals surface area contributed by atoms with Gasteiger partial charge in [-0.25, -0.2) is 4.98 Å². The fourth-order valence-electron chi connectivity index (χ4n) is 0.943. The Morgan fingerprint density at radius 2 is 2.25 bits per heavy atom. The van der Waals surface area contributed by atoms with E-state index in [-0.39, 0.29) is 11.7 Å². The maximum absolute atomic E-state index is 12.1. The molecule has 0 aliphatic heterocycles. The number of aromatic amines is 1. The van der Waals surface area contributed by atoms with E-state index in [9.17, 15) is 18.0 Å². The van der Waals surface area contributed by atoms with Gasteiger partial charge >= 0.3 is 6.18 Å². The monoisotopic (exact) mass is 256 g/mol. The zero-order valence-corrected chi connectivity index (χ0v) is 8.85. The molecule has 0 aliphatic rings. The third kappa shape index (κ3) is 3.09. The van der Waals surface area contributed by atoms with Gasteiger partial charge in [-0.1, -0.05) is 0 Å². The van der Waals surface area contributed by atoms with E-state index >= 15 is 0 Å². The van der Waals surface area contributed by atoms with Crippen molar-refractivity contribution in [2.75, 3.05) is 5.88 Å². The van der Waals surface area contributed by atoms with Crippen LogP contribution in [0.4, 0.5) is 13.2 Å². The predicted octanol–water partition coefficient (Wildman–Crippen LogP) is 1.24. The first-order valence-electron chi connectivity index (χ1n) is 4.19. The Hall–Kier alpha value is -1.31. The number of aromatic nitrogens is 3. The van der Waals surface area contributed by atoms with Crippen molar-refractivity contribution in [1.82, 2.24) is 20.5 Å². The second-order valence-electron chi connectivity index (χ2n) is 2.96.